The summed E-state index contributed by atoms with van der Waals surface area (Å²) in [4.78, 5) is 35.0. The van der Waals surface area contributed by atoms with Crippen molar-refractivity contribution < 1.29 is 27.9 Å². The molecule has 1 saturated heterocycles. The van der Waals surface area contributed by atoms with Crippen LogP contribution in [0.4, 0.5) is 4.79 Å². The van der Waals surface area contributed by atoms with Crippen LogP contribution in [0.3, 0.4) is 0 Å². The van der Waals surface area contributed by atoms with Crippen molar-refractivity contribution in [2.24, 2.45) is 5.84 Å². The number of nitrogens with one attached hydrogen (secondary N) is 3. The van der Waals surface area contributed by atoms with Crippen molar-refractivity contribution in [3.63, 3.8) is 0 Å². The van der Waals surface area contributed by atoms with E-state index in [0.717, 1.165) is 4.31 Å². The van der Waals surface area contributed by atoms with Crippen LogP contribution in [0.2, 0.25) is 0 Å². The first-order valence-corrected chi connectivity index (χ1v) is 9.56. The van der Waals surface area contributed by atoms with Gasteiger partial charge < -0.3 is 15.7 Å². The highest BCUT2D eigenvalue weighted by molar-refractivity contribution is 7.89. The molecule has 0 spiro atoms. The van der Waals surface area contributed by atoms with Crippen LogP contribution < -0.4 is 21.9 Å². The fourth-order valence-electron chi connectivity index (χ4n) is 2.73. The minimum absolute atomic E-state index is 0.0563. The third kappa shape index (κ3) is 4.93. The number of hydrazine groups is 1. The number of carbonyl (C=O) groups is 3. The zero-order chi connectivity index (χ0) is 20.0. The molecule has 1 aliphatic rings. The van der Waals surface area contributed by atoms with Gasteiger partial charge in [0.2, 0.25) is 15.9 Å². The molecule has 27 heavy (non-hydrogen) atoms. The molecule has 1 aliphatic heterocycles. The topological polar surface area (TPSA) is 171 Å². The Bertz CT molecular complexity index is 800. The molecule has 0 aromatic heterocycles. The van der Waals surface area contributed by atoms with Gasteiger partial charge in [-0.15, -0.1) is 0 Å². The van der Waals surface area contributed by atoms with E-state index < -0.39 is 46.6 Å². The average Bonchev–Trinajstić information content (AvgIpc) is 3.16. The van der Waals surface area contributed by atoms with E-state index >= 15 is 0 Å². The lowest BCUT2D eigenvalue weighted by atomic mass is 10.2. The van der Waals surface area contributed by atoms with E-state index in [1.54, 1.807) is 23.6 Å². The van der Waals surface area contributed by atoms with Gasteiger partial charge in [0.05, 0.1) is 11.4 Å². The van der Waals surface area contributed by atoms with Gasteiger partial charge >= 0.3 is 12.0 Å². The normalized spacial score (nSPS) is 18.5. The number of carboxylic acids is 1. The number of aliphatic carboxylic acids is 1. The van der Waals surface area contributed by atoms with Crippen LogP contribution in [0.25, 0.3) is 0 Å². The van der Waals surface area contributed by atoms with Crippen LogP contribution in [0.1, 0.15) is 12.8 Å². The summed E-state index contributed by atoms with van der Waals surface area (Å²) in [7, 11) is -3.89. The van der Waals surface area contributed by atoms with Crippen molar-refractivity contribution >= 4 is 27.9 Å². The number of urea groups is 1. The first-order chi connectivity index (χ1) is 12.8. The van der Waals surface area contributed by atoms with Gasteiger partial charge in [-0.25, -0.2) is 23.8 Å². The number of hydrogen-bond acceptors (Lipinski definition) is 6. The summed E-state index contributed by atoms with van der Waals surface area (Å²) in [5.74, 6) is 2.77. The van der Waals surface area contributed by atoms with Gasteiger partial charge in [0, 0.05) is 6.54 Å². The Morgan fingerprint density at radius 1 is 1.26 bits per heavy atom. The number of carbonyl (C=O) groups excluding carboxylic acids is 2. The Kier molecular flexibility index (Phi) is 6.71. The van der Waals surface area contributed by atoms with E-state index in [1.165, 1.54) is 12.1 Å². The van der Waals surface area contributed by atoms with Crippen LogP contribution in [-0.2, 0) is 19.6 Å². The van der Waals surface area contributed by atoms with Gasteiger partial charge in [-0.2, -0.15) is 4.31 Å². The molecule has 11 nitrogen and oxygen atoms in total. The Balaban J connectivity index is 2.12. The maximum Gasteiger partial charge on any atom is 0.328 e. The van der Waals surface area contributed by atoms with Crippen molar-refractivity contribution in [2.75, 3.05) is 13.1 Å². The first kappa shape index (κ1) is 20.6. The quantitative estimate of drug-likeness (QED) is 0.213. The molecule has 1 aromatic rings. The first-order valence-electron chi connectivity index (χ1n) is 8.12. The zero-order valence-electron chi connectivity index (χ0n) is 14.3. The number of hydrogen-bond donors (Lipinski definition) is 5. The van der Waals surface area contributed by atoms with Gasteiger partial charge in [0.15, 0.2) is 0 Å². The molecule has 0 bridgehead atoms. The number of nitrogens with two attached hydrogens (primary N) is 1. The highest BCUT2D eigenvalue weighted by Gasteiger charge is 2.40. The fraction of sp³-hybridized carbons (Fsp3) is 0.400. The molecule has 0 unspecified atom stereocenters. The molecule has 2 atom stereocenters. The maximum atomic E-state index is 12.8. The number of carboxylic acid groups (broad SMARTS) is 1. The lowest BCUT2D eigenvalue weighted by Gasteiger charge is -2.25. The molecule has 1 fully saturated rings. The molecule has 1 heterocycles. The molecule has 1 aromatic carbocycles. The van der Waals surface area contributed by atoms with Crippen LogP contribution in [-0.4, -0.2) is 60.9 Å². The molecule has 0 radical (unpaired) electrons. The molecule has 0 aliphatic carbocycles. The van der Waals surface area contributed by atoms with Crippen LogP contribution in [0.15, 0.2) is 35.2 Å². The number of amides is 3. The molecule has 6 N–H and O–H groups in total. The van der Waals surface area contributed by atoms with E-state index in [0.29, 0.717) is 6.42 Å². The molecule has 0 saturated carbocycles. The zero-order valence-corrected chi connectivity index (χ0v) is 15.1. The highest BCUT2D eigenvalue weighted by atomic mass is 32.2. The maximum absolute atomic E-state index is 12.8. The lowest BCUT2D eigenvalue weighted by Crippen LogP contribution is -2.55. The van der Waals surface area contributed by atoms with Crippen LogP contribution in [0.5, 0.6) is 0 Å². The summed E-state index contributed by atoms with van der Waals surface area (Å²) >= 11 is 0. The third-order valence-corrected chi connectivity index (χ3v) is 5.99. The molecular weight excluding hydrogens is 378 g/mol. The Morgan fingerprint density at radius 2 is 1.93 bits per heavy atom. The van der Waals surface area contributed by atoms with Crippen molar-refractivity contribution in [1.29, 1.82) is 0 Å². The second-order valence-corrected chi connectivity index (χ2v) is 7.73. The van der Waals surface area contributed by atoms with E-state index in [9.17, 15) is 27.9 Å². The summed E-state index contributed by atoms with van der Waals surface area (Å²) in [6.45, 7) is -0.261. The summed E-state index contributed by atoms with van der Waals surface area (Å²) in [5.41, 5.74) is 1.77. The SMILES string of the molecule is NNC(=O)NC[C@H](NC(=O)[C@@H]1CCCN1S(=O)(=O)c1ccccc1)C(=O)O. The minimum atomic E-state index is -3.89. The van der Waals surface area contributed by atoms with Crippen molar-refractivity contribution in [2.45, 2.75) is 29.8 Å². The second kappa shape index (κ2) is 8.79. The van der Waals surface area contributed by atoms with Gasteiger partial charge in [-0.3, -0.25) is 10.2 Å². The van der Waals surface area contributed by atoms with Crippen molar-refractivity contribution in [3.8, 4) is 0 Å². The predicted molar refractivity (Wildman–Crippen MR) is 93.6 cm³/mol. The molecule has 148 valence electrons. The van der Waals surface area contributed by atoms with E-state index in [1.807, 2.05) is 0 Å². The summed E-state index contributed by atoms with van der Waals surface area (Å²) in [6.07, 6.45) is 0.733. The van der Waals surface area contributed by atoms with Crippen LogP contribution >= 0.6 is 0 Å². The van der Waals surface area contributed by atoms with Gasteiger partial charge in [-0.1, -0.05) is 18.2 Å². The average molecular weight is 399 g/mol. The van der Waals surface area contributed by atoms with Gasteiger partial charge in [-0.05, 0) is 25.0 Å². The Labute approximate surface area is 155 Å². The molecule has 12 heteroatoms. The minimum Gasteiger partial charge on any atom is -0.480 e. The predicted octanol–water partition coefficient (Wildman–Crippen LogP) is -1.42. The number of nitrogens with zero attached hydrogens (tertiary/aromatic N) is 1. The molecule has 3 amide bonds. The molecule has 2 rings (SSSR count). The third-order valence-electron chi connectivity index (χ3n) is 4.07. The number of rotatable bonds is 7. The summed E-state index contributed by atoms with van der Waals surface area (Å²) in [5, 5.41) is 13.6. The van der Waals surface area contributed by atoms with E-state index in [4.69, 9.17) is 5.84 Å². The number of sulfonamides is 1. The van der Waals surface area contributed by atoms with E-state index in [2.05, 4.69) is 10.6 Å². The highest BCUT2D eigenvalue weighted by Crippen LogP contribution is 2.26. The van der Waals surface area contributed by atoms with E-state index in [-0.39, 0.29) is 17.9 Å². The monoisotopic (exact) mass is 399 g/mol. The van der Waals surface area contributed by atoms with Crippen molar-refractivity contribution in [1.82, 2.24) is 20.4 Å². The van der Waals surface area contributed by atoms with Crippen molar-refractivity contribution in [3.05, 3.63) is 30.3 Å². The standard InChI is InChI=1S/C15H21N5O6S/c16-19-15(24)17-9-11(14(22)23)18-13(21)12-7-4-8-20(12)27(25,26)10-5-2-1-3-6-10/h1-3,5-6,11-12H,4,7-9,16H2,(H,18,21)(H,22,23)(H2,17,19,24)/t11-,12-/m0/s1. The summed E-state index contributed by atoms with van der Waals surface area (Å²) < 4.78 is 26.6. The van der Waals surface area contributed by atoms with Crippen LogP contribution in [0, 0.1) is 0 Å². The molecular formula is C15H21N5O6S. The van der Waals surface area contributed by atoms with Gasteiger partial charge in [0.1, 0.15) is 12.1 Å². The Hall–Kier alpha value is -2.70. The Morgan fingerprint density at radius 3 is 2.52 bits per heavy atom. The largest absolute Gasteiger partial charge is 0.480 e. The van der Waals surface area contributed by atoms with Gasteiger partial charge in [0.25, 0.3) is 0 Å². The fourth-order valence-corrected chi connectivity index (χ4v) is 4.41. The second-order valence-electron chi connectivity index (χ2n) is 5.84. The summed E-state index contributed by atoms with van der Waals surface area (Å²) in [6, 6.07) is 4.41. The smallest absolute Gasteiger partial charge is 0.328 e. The lowest BCUT2D eigenvalue weighted by molar-refractivity contribution is -0.142. The number of benzene rings is 1.